The van der Waals surface area contributed by atoms with Crippen LogP contribution < -0.4 is 104 Å². The summed E-state index contributed by atoms with van der Waals surface area (Å²) in [5.74, 6) is -0.737. The number of nitrogens with one attached hydrogen (secondary N) is 1. The van der Waals surface area contributed by atoms with E-state index in [1.165, 1.54) is 48.5 Å². The maximum atomic E-state index is 12.4. The van der Waals surface area contributed by atoms with Gasteiger partial charge in [0.1, 0.15) is 11.4 Å². The molecule has 0 bridgehead atoms. The van der Waals surface area contributed by atoms with E-state index >= 15 is 0 Å². The molecular formula is C18H14N3Na3O13S4. The first-order chi connectivity index (χ1) is 18.0. The zero-order valence-corrected chi connectivity index (χ0v) is 30.7. The predicted molar refractivity (Wildman–Crippen MR) is 125 cm³/mol. The van der Waals surface area contributed by atoms with Crippen LogP contribution in [0.25, 0.3) is 10.8 Å². The van der Waals surface area contributed by atoms with Crippen molar-refractivity contribution >= 4 is 72.3 Å². The Morgan fingerprint density at radius 1 is 0.878 bits per heavy atom. The maximum Gasteiger partial charge on any atom is 1.00 e. The van der Waals surface area contributed by atoms with Gasteiger partial charge in [-0.2, -0.15) is 9.45 Å². The third kappa shape index (κ3) is 13.1. The number of benzene rings is 3. The number of aromatic hydroxyl groups is 1. The standard InChI is InChI=1S/C18H17N3O13S4.3Na/c22-17-10-12(35-33-31-23)9-15-14(17)5-6-16(21-38(27,28)29)18(15)20-19-11-1-3-13(4-2-11)37(25,26)8-7-30-36-34-32-24;;;/h1-6,9-10,21-24H,7-8H2,(H,27,28,29);;;/q;3*+1/p-3. The largest absolute Gasteiger partial charge is 1.00 e. The Hall–Kier alpha value is 0.400. The second-order valence-electron chi connectivity index (χ2n) is 6.81. The Morgan fingerprint density at radius 3 is 2.15 bits per heavy atom. The van der Waals surface area contributed by atoms with E-state index in [-0.39, 0.29) is 151 Å². The van der Waals surface area contributed by atoms with E-state index in [0.29, 0.717) is 12.0 Å². The van der Waals surface area contributed by atoms with Gasteiger partial charge in [0.2, 0.25) is 0 Å². The summed E-state index contributed by atoms with van der Waals surface area (Å²) in [5.41, 5.74) is -0.317. The molecule has 3 aromatic carbocycles. The first-order valence-electron chi connectivity index (χ1n) is 9.70. The zero-order chi connectivity index (χ0) is 27.8. The number of nitrogens with zero attached hydrogens (tertiary/aromatic N) is 2. The molecule has 0 saturated heterocycles. The monoisotopic (exact) mass is 677 g/mol. The van der Waals surface area contributed by atoms with Crippen LogP contribution in [-0.2, 0) is 43.1 Å². The zero-order valence-electron chi connectivity index (χ0n) is 21.4. The Bertz CT molecular complexity index is 1520. The van der Waals surface area contributed by atoms with Crippen LogP contribution in [0.1, 0.15) is 0 Å². The summed E-state index contributed by atoms with van der Waals surface area (Å²) in [6.07, 6.45) is 0. The molecule has 0 unspecified atom stereocenters. The first-order valence-corrected chi connectivity index (χ1v) is 14.2. The Balaban J connectivity index is 0.00000533. The average molecular weight is 678 g/mol. The molecule has 0 fully saturated rings. The van der Waals surface area contributed by atoms with Gasteiger partial charge in [-0.3, -0.25) is 19.0 Å². The molecule has 0 spiro atoms. The van der Waals surface area contributed by atoms with Crippen molar-refractivity contribution in [2.45, 2.75) is 9.79 Å². The third-order valence-corrected chi connectivity index (χ3v) is 7.54. The van der Waals surface area contributed by atoms with Gasteiger partial charge in [0, 0.05) is 15.7 Å². The van der Waals surface area contributed by atoms with E-state index in [1.54, 1.807) is 4.72 Å². The smallest absolute Gasteiger partial charge is 0.731 e. The Labute approximate surface area is 308 Å². The molecule has 2 N–H and O–H groups in total. The van der Waals surface area contributed by atoms with Crippen molar-refractivity contribution in [2.24, 2.45) is 10.2 Å². The number of hydrogen-bond donors (Lipinski definition) is 2. The van der Waals surface area contributed by atoms with Gasteiger partial charge in [0.25, 0.3) is 0 Å². The fourth-order valence-electron chi connectivity index (χ4n) is 2.95. The van der Waals surface area contributed by atoms with Crippen LogP contribution in [0.3, 0.4) is 0 Å². The van der Waals surface area contributed by atoms with Gasteiger partial charge in [0.15, 0.2) is 32.5 Å². The molecule has 3 aromatic rings. The minimum Gasteiger partial charge on any atom is -0.731 e. The van der Waals surface area contributed by atoms with Crippen LogP contribution in [-0.4, -0.2) is 38.9 Å². The number of anilines is 1. The SMILES string of the molecule is O=S(=O)([O-])Nc1ccc2c(O)cc(SOO[O-])cc2c1N=Nc1ccc(S(=O)(=O)CCOSOO[O-])cc1.[Na+].[Na+].[Na+]. The predicted octanol–water partition coefficient (Wildman–Crippen LogP) is -7.35. The molecule has 0 amide bonds. The summed E-state index contributed by atoms with van der Waals surface area (Å²) < 4.78 is 73.3. The Morgan fingerprint density at radius 2 is 1.54 bits per heavy atom. The average Bonchev–Trinajstić information content (AvgIpc) is 2.86. The fourth-order valence-corrected chi connectivity index (χ4v) is 5.23. The van der Waals surface area contributed by atoms with Crippen LogP contribution in [0, 0.1) is 0 Å². The molecule has 0 aromatic heterocycles. The molecule has 0 aliphatic heterocycles. The van der Waals surface area contributed by atoms with E-state index in [1.807, 2.05) is 0 Å². The molecule has 0 radical (unpaired) electrons. The van der Waals surface area contributed by atoms with Crippen LogP contribution in [0.2, 0.25) is 0 Å². The third-order valence-electron chi connectivity index (χ3n) is 4.45. The van der Waals surface area contributed by atoms with Crippen molar-refractivity contribution in [3.05, 3.63) is 48.5 Å². The minimum atomic E-state index is -4.98. The summed E-state index contributed by atoms with van der Waals surface area (Å²) in [6.45, 7) is -0.309. The van der Waals surface area contributed by atoms with Crippen LogP contribution >= 0.6 is 24.4 Å². The summed E-state index contributed by atoms with van der Waals surface area (Å²) >= 11 is 0.617. The summed E-state index contributed by atoms with van der Waals surface area (Å²) in [4.78, 5) is 0.0803. The molecular weight excluding hydrogens is 663 g/mol. The molecule has 23 heteroatoms. The van der Waals surface area contributed by atoms with Gasteiger partial charge in [-0.1, -0.05) is 0 Å². The molecule has 0 aliphatic carbocycles. The molecule has 0 saturated carbocycles. The number of phenols is 1. The number of fused-ring (bicyclic) bond motifs is 1. The quantitative estimate of drug-likeness (QED) is 0.0306. The van der Waals surface area contributed by atoms with E-state index < -0.39 is 25.9 Å². The molecule has 0 atom stereocenters. The molecule has 16 nitrogen and oxygen atoms in total. The van der Waals surface area contributed by atoms with Gasteiger partial charge < -0.3 is 20.2 Å². The topological polar surface area (TPSA) is 241 Å². The Kier molecular flexibility index (Phi) is 19.9. The molecule has 0 aliphatic rings. The number of hydrogen-bond acceptors (Lipinski definition) is 17. The van der Waals surface area contributed by atoms with Gasteiger partial charge in [-0.25, -0.2) is 16.8 Å². The number of rotatable bonds is 14. The first kappa shape index (κ1) is 41.4. The summed E-state index contributed by atoms with van der Waals surface area (Å²) in [7, 11) is -8.76. The fraction of sp³-hybridized carbons (Fsp3) is 0.111. The second-order valence-corrected chi connectivity index (χ2v) is 11.3. The van der Waals surface area contributed by atoms with Crippen LogP contribution in [0.15, 0.2) is 68.6 Å². The van der Waals surface area contributed by atoms with Gasteiger partial charge >= 0.3 is 88.7 Å². The molecule has 41 heavy (non-hydrogen) atoms. The van der Waals surface area contributed by atoms with Crippen molar-refractivity contribution in [1.29, 1.82) is 0 Å². The minimum absolute atomic E-state index is 0. The van der Waals surface area contributed by atoms with Crippen LogP contribution in [0.5, 0.6) is 5.75 Å². The summed E-state index contributed by atoms with van der Waals surface area (Å²) in [5, 5.41) is 44.8. The normalized spacial score (nSPS) is 11.5. The maximum absolute atomic E-state index is 12.4. The van der Waals surface area contributed by atoms with Crippen molar-refractivity contribution in [1.82, 2.24) is 0 Å². The number of sulfone groups is 1. The van der Waals surface area contributed by atoms with E-state index in [9.17, 15) is 37.0 Å². The van der Waals surface area contributed by atoms with Crippen LogP contribution in [0.4, 0.5) is 17.1 Å². The van der Waals surface area contributed by atoms with E-state index in [0.717, 1.165) is 0 Å². The van der Waals surface area contributed by atoms with Crippen molar-refractivity contribution in [3.8, 4) is 5.75 Å². The second kappa shape index (κ2) is 19.7. The summed E-state index contributed by atoms with van der Waals surface area (Å²) in [6, 6.07) is 10.2. The van der Waals surface area contributed by atoms with Crippen molar-refractivity contribution < 1.29 is 149 Å². The van der Waals surface area contributed by atoms with Gasteiger partial charge in [-0.05, 0) is 48.5 Å². The molecule has 206 valence electrons. The van der Waals surface area contributed by atoms with E-state index in [2.05, 4.69) is 29.0 Å². The molecule has 0 heterocycles. The van der Waals surface area contributed by atoms with Gasteiger partial charge in [-0.15, -0.1) is 9.45 Å². The van der Waals surface area contributed by atoms with Crippen molar-refractivity contribution in [2.75, 3.05) is 17.1 Å². The van der Waals surface area contributed by atoms with Gasteiger partial charge in [0.05, 0.1) is 40.7 Å². The van der Waals surface area contributed by atoms with Crippen molar-refractivity contribution in [3.63, 3.8) is 0 Å². The van der Waals surface area contributed by atoms with E-state index in [4.69, 9.17) is 4.18 Å². The number of azo groups is 1. The molecule has 3 rings (SSSR count). The number of phenolic OH excluding ortho intramolecular Hbond substituents is 1.